The lowest BCUT2D eigenvalue weighted by molar-refractivity contribution is -0.118. The molecule has 1 fully saturated rings. The number of hydrogen-bond acceptors (Lipinski definition) is 5. The predicted molar refractivity (Wildman–Crippen MR) is 91.3 cm³/mol. The van der Waals surface area contributed by atoms with Crippen LogP contribution in [-0.4, -0.2) is 22.7 Å². The van der Waals surface area contributed by atoms with E-state index in [1.807, 2.05) is 12.1 Å². The first kappa shape index (κ1) is 16.2. The Morgan fingerprint density at radius 3 is 2.91 bits per heavy atom. The van der Waals surface area contributed by atoms with Crippen LogP contribution in [-0.2, 0) is 4.79 Å². The Hall–Kier alpha value is -1.66. The van der Waals surface area contributed by atoms with Gasteiger partial charge in [0.05, 0.1) is 0 Å². The minimum absolute atomic E-state index is 0.0546. The first-order valence-electron chi connectivity index (χ1n) is 7.70. The smallest absolute Gasteiger partial charge is 0.264 e. The fraction of sp³-hybridized carbons (Fsp3) is 0.438. The maximum Gasteiger partial charge on any atom is 0.264 e. The Bertz CT molecular complexity index is 657. The van der Waals surface area contributed by atoms with Gasteiger partial charge in [-0.1, -0.05) is 42.2 Å². The third-order valence-electron chi connectivity index (χ3n) is 3.98. The van der Waals surface area contributed by atoms with E-state index in [1.54, 1.807) is 11.6 Å². The molecule has 1 amide bonds. The monoisotopic (exact) mass is 351 g/mol. The molecule has 5 nitrogen and oxygen atoms in total. The van der Waals surface area contributed by atoms with E-state index in [4.69, 9.17) is 16.3 Å². The van der Waals surface area contributed by atoms with E-state index in [-0.39, 0.29) is 12.5 Å². The second-order valence-corrected chi connectivity index (χ2v) is 6.87. The number of aromatic nitrogens is 2. The van der Waals surface area contributed by atoms with Crippen molar-refractivity contribution in [2.45, 2.75) is 38.0 Å². The average molecular weight is 352 g/mol. The molecule has 1 aromatic heterocycles. The molecule has 122 valence electrons. The summed E-state index contributed by atoms with van der Waals surface area (Å²) in [6.07, 6.45) is 6.04. The number of nitrogens with one attached hydrogen (secondary N) is 1. The number of carbonyl (C=O) groups excluding carboxylic acids is 1. The molecule has 2 aromatic rings. The first-order chi connectivity index (χ1) is 11.2. The third kappa shape index (κ3) is 4.42. The molecule has 0 saturated heterocycles. The number of rotatable bonds is 5. The summed E-state index contributed by atoms with van der Waals surface area (Å²) >= 11 is 7.42. The molecule has 0 unspecified atom stereocenters. The number of nitrogens with zero attached hydrogens (tertiary/aromatic N) is 2. The zero-order valence-corrected chi connectivity index (χ0v) is 14.2. The fourth-order valence-corrected chi connectivity index (χ4v) is 3.55. The molecule has 1 N–H and O–H groups in total. The highest BCUT2D eigenvalue weighted by atomic mass is 35.5. The third-order valence-corrected chi connectivity index (χ3v) is 4.82. The van der Waals surface area contributed by atoms with Gasteiger partial charge in [-0.15, -0.1) is 10.2 Å². The molecule has 1 heterocycles. The lowest BCUT2D eigenvalue weighted by Crippen LogP contribution is -2.20. The Balaban J connectivity index is 1.65. The minimum Gasteiger partial charge on any atom is -0.483 e. The van der Waals surface area contributed by atoms with Crippen LogP contribution in [0.2, 0.25) is 5.02 Å². The van der Waals surface area contributed by atoms with Crippen molar-refractivity contribution in [2.75, 3.05) is 11.9 Å². The molecule has 0 aliphatic heterocycles. The van der Waals surface area contributed by atoms with E-state index in [9.17, 15) is 4.79 Å². The van der Waals surface area contributed by atoms with Crippen LogP contribution in [0.3, 0.4) is 0 Å². The molecule has 0 atom stereocenters. The van der Waals surface area contributed by atoms with Crippen molar-refractivity contribution in [3.05, 3.63) is 34.3 Å². The van der Waals surface area contributed by atoms with Gasteiger partial charge in [-0.2, -0.15) is 0 Å². The van der Waals surface area contributed by atoms with Gasteiger partial charge >= 0.3 is 0 Å². The van der Waals surface area contributed by atoms with Gasteiger partial charge in [-0.05, 0) is 42.5 Å². The summed E-state index contributed by atoms with van der Waals surface area (Å²) < 4.78 is 5.74. The highest BCUT2D eigenvalue weighted by Gasteiger charge is 2.20. The molecule has 23 heavy (non-hydrogen) atoms. The van der Waals surface area contributed by atoms with E-state index in [0.717, 1.165) is 24.2 Å². The van der Waals surface area contributed by atoms with E-state index < -0.39 is 0 Å². The van der Waals surface area contributed by atoms with Gasteiger partial charge in [0.1, 0.15) is 11.3 Å². The minimum atomic E-state index is -0.244. The van der Waals surface area contributed by atoms with Gasteiger partial charge in [0.25, 0.3) is 5.91 Å². The average Bonchev–Trinajstić information content (AvgIpc) is 3.07. The Morgan fingerprint density at radius 2 is 2.17 bits per heavy atom. The summed E-state index contributed by atoms with van der Waals surface area (Å²) in [6.45, 7) is -0.0546. The summed E-state index contributed by atoms with van der Waals surface area (Å²) in [5, 5.41) is 11.3. The van der Waals surface area contributed by atoms with Gasteiger partial charge in [0.2, 0.25) is 5.13 Å². The molecule has 1 saturated carbocycles. The lowest BCUT2D eigenvalue weighted by atomic mass is 9.84. The van der Waals surface area contributed by atoms with Crippen molar-refractivity contribution in [1.29, 1.82) is 0 Å². The maximum atomic E-state index is 11.9. The summed E-state index contributed by atoms with van der Waals surface area (Å²) in [6, 6.07) is 5.62. The molecule has 1 aromatic carbocycles. The molecule has 7 heteroatoms. The zero-order chi connectivity index (χ0) is 16.1. The number of ether oxygens (including phenoxy) is 1. The quantitative estimate of drug-likeness (QED) is 0.874. The number of hydrogen-bond donors (Lipinski definition) is 1. The normalized spacial score (nSPS) is 15.3. The van der Waals surface area contributed by atoms with E-state index in [2.05, 4.69) is 15.5 Å². The van der Waals surface area contributed by atoms with Crippen molar-refractivity contribution >= 4 is 34.0 Å². The lowest BCUT2D eigenvalue weighted by Gasteiger charge is -2.24. The molecule has 1 aliphatic carbocycles. The Morgan fingerprint density at radius 1 is 1.35 bits per heavy atom. The second kappa shape index (κ2) is 7.75. The van der Waals surface area contributed by atoms with Crippen LogP contribution in [0.4, 0.5) is 5.13 Å². The number of amides is 1. The van der Waals surface area contributed by atoms with Crippen LogP contribution in [0, 0.1) is 0 Å². The standard InChI is InChI=1S/C16H18ClN3O2S/c17-12-6-7-14(13(8-12)11-4-2-1-3-5-11)22-9-15(21)19-16-20-18-10-23-16/h6-8,10-11H,1-5,9H2,(H,19,20,21). The summed E-state index contributed by atoms with van der Waals surface area (Å²) in [5.41, 5.74) is 2.68. The van der Waals surface area contributed by atoms with Gasteiger partial charge in [-0.25, -0.2) is 0 Å². The van der Waals surface area contributed by atoms with Crippen LogP contribution in [0.5, 0.6) is 5.75 Å². The maximum absolute atomic E-state index is 11.9. The number of carbonyl (C=O) groups is 1. The number of benzene rings is 1. The van der Waals surface area contributed by atoms with E-state index in [0.29, 0.717) is 16.1 Å². The van der Waals surface area contributed by atoms with Crippen molar-refractivity contribution in [3.8, 4) is 5.75 Å². The predicted octanol–water partition coefficient (Wildman–Crippen LogP) is 4.26. The van der Waals surface area contributed by atoms with Crippen molar-refractivity contribution in [2.24, 2.45) is 0 Å². The van der Waals surface area contributed by atoms with Gasteiger partial charge in [0, 0.05) is 5.02 Å². The summed E-state index contributed by atoms with van der Waals surface area (Å²) in [4.78, 5) is 11.9. The zero-order valence-electron chi connectivity index (χ0n) is 12.6. The molecule has 1 aliphatic rings. The van der Waals surface area contributed by atoms with Crippen molar-refractivity contribution in [3.63, 3.8) is 0 Å². The molecule has 3 rings (SSSR count). The van der Waals surface area contributed by atoms with Gasteiger partial charge in [-0.3, -0.25) is 10.1 Å². The largest absolute Gasteiger partial charge is 0.483 e. The first-order valence-corrected chi connectivity index (χ1v) is 8.96. The van der Waals surface area contributed by atoms with Gasteiger partial charge in [0.15, 0.2) is 6.61 Å². The summed E-state index contributed by atoms with van der Waals surface area (Å²) in [7, 11) is 0. The van der Waals surface area contributed by atoms with Gasteiger partial charge < -0.3 is 4.74 Å². The van der Waals surface area contributed by atoms with Crippen LogP contribution in [0.15, 0.2) is 23.7 Å². The van der Waals surface area contributed by atoms with Crippen molar-refractivity contribution in [1.82, 2.24) is 10.2 Å². The topological polar surface area (TPSA) is 64.1 Å². The molecular weight excluding hydrogens is 334 g/mol. The molecule has 0 spiro atoms. The fourth-order valence-electron chi connectivity index (χ4n) is 2.91. The Labute approximate surface area is 144 Å². The highest BCUT2D eigenvalue weighted by Crippen LogP contribution is 2.38. The van der Waals surface area contributed by atoms with Crippen LogP contribution in [0.25, 0.3) is 0 Å². The van der Waals surface area contributed by atoms with E-state index in [1.165, 1.54) is 30.6 Å². The highest BCUT2D eigenvalue weighted by molar-refractivity contribution is 7.13. The second-order valence-electron chi connectivity index (χ2n) is 5.60. The van der Waals surface area contributed by atoms with Crippen molar-refractivity contribution < 1.29 is 9.53 Å². The van der Waals surface area contributed by atoms with Crippen LogP contribution >= 0.6 is 22.9 Å². The molecule has 0 radical (unpaired) electrons. The van der Waals surface area contributed by atoms with E-state index >= 15 is 0 Å². The number of anilines is 1. The SMILES string of the molecule is O=C(COc1ccc(Cl)cc1C1CCCCC1)Nc1nncs1. The molecular formula is C16H18ClN3O2S. The van der Waals surface area contributed by atoms with Crippen LogP contribution in [0.1, 0.15) is 43.6 Å². The Kier molecular flexibility index (Phi) is 5.46. The molecule has 0 bridgehead atoms. The van der Waals surface area contributed by atoms with Crippen LogP contribution < -0.4 is 10.1 Å². The summed E-state index contributed by atoms with van der Waals surface area (Å²) in [5.74, 6) is 0.962. The number of halogens is 1.